The van der Waals surface area contributed by atoms with Crippen molar-refractivity contribution in [1.82, 2.24) is 5.32 Å². The third kappa shape index (κ3) is 3.84. The van der Waals surface area contributed by atoms with Gasteiger partial charge >= 0.3 is 5.97 Å². The summed E-state index contributed by atoms with van der Waals surface area (Å²) in [6.45, 7) is 1.93. The van der Waals surface area contributed by atoms with Crippen LogP contribution >= 0.6 is 0 Å². The number of carbonyl (C=O) groups is 2. The van der Waals surface area contributed by atoms with Crippen molar-refractivity contribution in [2.75, 3.05) is 0 Å². The van der Waals surface area contributed by atoms with Crippen LogP contribution in [0.25, 0.3) is 0 Å². The van der Waals surface area contributed by atoms with Gasteiger partial charge in [-0.05, 0) is 12.5 Å². The van der Waals surface area contributed by atoms with Gasteiger partial charge in [-0.2, -0.15) is 0 Å². The van der Waals surface area contributed by atoms with E-state index in [4.69, 9.17) is 5.11 Å². The molecule has 1 atom stereocenters. The predicted molar refractivity (Wildman–Crippen MR) is 64.4 cm³/mol. The lowest BCUT2D eigenvalue weighted by molar-refractivity contribution is -0.142. The first-order valence-corrected chi connectivity index (χ1v) is 5.82. The minimum Gasteiger partial charge on any atom is -0.479 e. The number of benzene rings is 1. The molecule has 0 saturated carbocycles. The molecule has 1 aromatic rings. The van der Waals surface area contributed by atoms with Crippen LogP contribution in [0.3, 0.4) is 0 Å². The molecule has 0 radical (unpaired) electrons. The Morgan fingerprint density at radius 1 is 1.39 bits per heavy atom. The zero-order valence-corrected chi connectivity index (χ0v) is 10.1. The van der Waals surface area contributed by atoms with Crippen molar-refractivity contribution in [3.05, 3.63) is 35.6 Å². The van der Waals surface area contributed by atoms with E-state index in [2.05, 4.69) is 5.32 Å². The molecule has 1 rings (SSSR count). The Bertz CT molecular complexity index is 434. The molecule has 18 heavy (non-hydrogen) atoms. The Morgan fingerprint density at radius 3 is 2.61 bits per heavy atom. The van der Waals surface area contributed by atoms with Crippen molar-refractivity contribution < 1.29 is 19.1 Å². The second-order valence-electron chi connectivity index (χ2n) is 3.96. The minimum atomic E-state index is -1.34. The Morgan fingerprint density at radius 2 is 2.06 bits per heavy atom. The zero-order valence-electron chi connectivity index (χ0n) is 10.1. The Balaban J connectivity index is 2.81. The van der Waals surface area contributed by atoms with E-state index >= 15 is 0 Å². The molecule has 98 valence electrons. The van der Waals surface area contributed by atoms with Crippen LogP contribution in [0.2, 0.25) is 0 Å². The summed E-state index contributed by atoms with van der Waals surface area (Å²) in [5.41, 5.74) is -0.0325. The number of unbranched alkanes of at least 4 members (excludes halogenated alkanes) is 1. The summed E-state index contributed by atoms with van der Waals surface area (Å²) < 4.78 is 13.5. The number of aliphatic carboxylic acids is 1. The molecule has 0 aliphatic heterocycles. The predicted octanol–water partition coefficient (Wildman–Crippen LogP) is 2.26. The molecule has 0 aliphatic rings. The molecule has 0 unspecified atom stereocenters. The number of hydrogen-bond acceptors (Lipinski definition) is 2. The number of hydrogen-bond donors (Lipinski definition) is 2. The lowest BCUT2D eigenvalue weighted by Crippen LogP contribution is -2.34. The average molecular weight is 253 g/mol. The maximum absolute atomic E-state index is 13.5. The van der Waals surface area contributed by atoms with Gasteiger partial charge in [0, 0.05) is 12.0 Å². The van der Waals surface area contributed by atoms with Crippen molar-refractivity contribution in [2.24, 2.45) is 0 Å². The quantitative estimate of drug-likeness (QED) is 0.817. The van der Waals surface area contributed by atoms with Crippen LogP contribution in [0.15, 0.2) is 24.3 Å². The summed E-state index contributed by atoms with van der Waals surface area (Å²) >= 11 is 0. The second kappa shape index (κ2) is 6.74. The molecular formula is C13H16FNO3. The number of carbonyl (C=O) groups excluding carboxylic acids is 1. The number of rotatable bonds is 6. The third-order valence-electron chi connectivity index (χ3n) is 2.53. The Kier molecular flexibility index (Phi) is 5.30. The molecule has 0 spiro atoms. The summed E-state index contributed by atoms with van der Waals surface area (Å²) in [5, 5.41) is 11.4. The van der Waals surface area contributed by atoms with Crippen LogP contribution in [0.4, 0.5) is 4.39 Å². The SMILES string of the molecule is CCCCC(=O)N[C@H](C(=O)O)c1ccccc1F. The third-order valence-corrected chi connectivity index (χ3v) is 2.53. The van der Waals surface area contributed by atoms with Crippen molar-refractivity contribution in [1.29, 1.82) is 0 Å². The molecule has 2 N–H and O–H groups in total. The molecule has 0 aromatic heterocycles. The highest BCUT2D eigenvalue weighted by Crippen LogP contribution is 2.17. The molecule has 0 bridgehead atoms. The van der Waals surface area contributed by atoms with E-state index in [9.17, 15) is 14.0 Å². The lowest BCUT2D eigenvalue weighted by atomic mass is 10.1. The van der Waals surface area contributed by atoms with E-state index < -0.39 is 17.8 Å². The van der Waals surface area contributed by atoms with Gasteiger partial charge in [0.15, 0.2) is 6.04 Å². The van der Waals surface area contributed by atoms with Gasteiger partial charge in [-0.25, -0.2) is 9.18 Å². The second-order valence-corrected chi connectivity index (χ2v) is 3.96. The first-order chi connectivity index (χ1) is 8.56. The van der Waals surface area contributed by atoms with Gasteiger partial charge in [0.25, 0.3) is 0 Å². The van der Waals surface area contributed by atoms with E-state index in [-0.39, 0.29) is 17.9 Å². The lowest BCUT2D eigenvalue weighted by Gasteiger charge is -2.15. The smallest absolute Gasteiger partial charge is 0.331 e. The summed E-state index contributed by atoms with van der Waals surface area (Å²) in [6.07, 6.45) is 1.76. The van der Waals surface area contributed by atoms with Crippen LogP contribution in [0.5, 0.6) is 0 Å². The van der Waals surface area contributed by atoms with Gasteiger partial charge < -0.3 is 10.4 Å². The van der Waals surface area contributed by atoms with E-state index in [0.717, 1.165) is 6.42 Å². The monoisotopic (exact) mass is 253 g/mol. The fraction of sp³-hybridized carbons (Fsp3) is 0.385. The highest BCUT2D eigenvalue weighted by molar-refractivity contribution is 5.84. The van der Waals surface area contributed by atoms with Crippen LogP contribution < -0.4 is 5.32 Å². The Labute approximate surface area is 105 Å². The molecule has 0 heterocycles. The van der Waals surface area contributed by atoms with Crippen LogP contribution in [-0.2, 0) is 9.59 Å². The molecule has 0 saturated heterocycles. The zero-order chi connectivity index (χ0) is 13.5. The number of nitrogens with one attached hydrogen (secondary N) is 1. The summed E-state index contributed by atoms with van der Waals surface area (Å²) in [4.78, 5) is 22.6. The van der Waals surface area contributed by atoms with Gasteiger partial charge in [0.05, 0.1) is 0 Å². The number of halogens is 1. The molecule has 1 aromatic carbocycles. The molecule has 4 nitrogen and oxygen atoms in total. The largest absolute Gasteiger partial charge is 0.479 e. The summed E-state index contributed by atoms with van der Waals surface area (Å²) in [5.74, 6) is -2.29. The highest BCUT2D eigenvalue weighted by atomic mass is 19.1. The maximum atomic E-state index is 13.5. The van der Waals surface area contributed by atoms with E-state index in [1.807, 2.05) is 6.92 Å². The minimum absolute atomic E-state index is 0.0325. The first kappa shape index (κ1) is 14.2. The van der Waals surface area contributed by atoms with Gasteiger partial charge in [0.2, 0.25) is 5.91 Å². The van der Waals surface area contributed by atoms with Crippen LogP contribution in [0.1, 0.15) is 37.8 Å². The average Bonchev–Trinajstić information content (AvgIpc) is 2.34. The molecule has 0 fully saturated rings. The molecule has 1 amide bonds. The van der Waals surface area contributed by atoms with Gasteiger partial charge in [-0.1, -0.05) is 31.5 Å². The molecular weight excluding hydrogens is 237 g/mol. The molecule has 5 heteroatoms. The number of carboxylic acid groups (broad SMARTS) is 1. The molecule has 0 aliphatic carbocycles. The standard InChI is InChI=1S/C13H16FNO3/c1-2-3-8-11(16)15-12(13(17)18)9-6-4-5-7-10(9)14/h4-7,12H,2-3,8H2,1H3,(H,15,16)(H,17,18)/t12-/m0/s1. The first-order valence-electron chi connectivity index (χ1n) is 5.82. The van der Waals surface area contributed by atoms with E-state index in [0.29, 0.717) is 6.42 Å². The maximum Gasteiger partial charge on any atom is 0.331 e. The van der Waals surface area contributed by atoms with Gasteiger partial charge in [-0.15, -0.1) is 0 Å². The van der Waals surface area contributed by atoms with Crippen LogP contribution in [0, 0.1) is 5.82 Å². The fourth-order valence-corrected chi connectivity index (χ4v) is 1.55. The highest BCUT2D eigenvalue weighted by Gasteiger charge is 2.24. The van der Waals surface area contributed by atoms with Crippen molar-refractivity contribution in [3.8, 4) is 0 Å². The topological polar surface area (TPSA) is 66.4 Å². The van der Waals surface area contributed by atoms with Crippen molar-refractivity contribution >= 4 is 11.9 Å². The van der Waals surface area contributed by atoms with E-state index in [1.54, 1.807) is 0 Å². The normalized spacial score (nSPS) is 11.9. The van der Waals surface area contributed by atoms with Crippen molar-refractivity contribution in [3.63, 3.8) is 0 Å². The number of amides is 1. The van der Waals surface area contributed by atoms with E-state index in [1.165, 1.54) is 24.3 Å². The van der Waals surface area contributed by atoms with Gasteiger partial charge in [0.1, 0.15) is 5.82 Å². The summed E-state index contributed by atoms with van der Waals surface area (Å²) in [7, 11) is 0. The Hall–Kier alpha value is -1.91. The fourth-order valence-electron chi connectivity index (χ4n) is 1.55. The van der Waals surface area contributed by atoms with Gasteiger partial charge in [-0.3, -0.25) is 4.79 Å². The number of carboxylic acids is 1. The van der Waals surface area contributed by atoms with Crippen LogP contribution in [-0.4, -0.2) is 17.0 Å². The van der Waals surface area contributed by atoms with Crippen molar-refractivity contribution in [2.45, 2.75) is 32.2 Å². The summed E-state index contributed by atoms with van der Waals surface area (Å²) in [6, 6.07) is 4.19.